The quantitative estimate of drug-likeness (QED) is 0.931. The van der Waals surface area contributed by atoms with Gasteiger partial charge in [0.15, 0.2) is 0 Å². The van der Waals surface area contributed by atoms with Crippen LogP contribution in [0.2, 0.25) is 0 Å². The van der Waals surface area contributed by atoms with Gasteiger partial charge in [-0.2, -0.15) is 0 Å². The van der Waals surface area contributed by atoms with E-state index in [9.17, 15) is 9.18 Å². The third-order valence-corrected chi connectivity index (χ3v) is 5.37. The van der Waals surface area contributed by atoms with Crippen molar-refractivity contribution in [2.24, 2.45) is 17.6 Å². The molecule has 0 aromatic heterocycles. The second-order valence-corrected chi connectivity index (χ2v) is 6.91. The SMILES string of the molecule is CC1CCN(C(=O)C[C@@H]2CCC[C@H]2N)C1c1cccc(F)c1. The summed E-state index contributed by atoms with van der Waals surface area (Å²) in [5.41, 5.74) is 7.01. The lowest BCUT2D eigenvalue weighted by Gasteiger charge is -2.29. The minimum atomic E-state index is -0.234. The Morgan fingerprint density at radius 1 is 1.36 bits per heavy atom. The van der Waals surface area contributed by atoms with E-state index in [4.69, 9.17) is 5.73 Å². The molecule has 2 fully saturated rings. The summed E-state index contributed by atoms with van der Waals surface area (Å²) in [6.07, 6.45) is 4.73. The van der Waals surface area contributed by atoms with Crippen LogP contribution in [-0.2, 0) is 4.79 Å². The maximum absolute atomic E-state index is 13.5. The summed E-state index contributed by atoms with van der Waals surface area (Å²) in [6.45, 7) is 2.91. The lowest BCUT2D eigenvalue weighted by atomic mass is 9.94. The summed E-state index contributed by atoms with van der Waals surface area (Å²) >= 11 is 0. The number of halogens is 1. The Kier molecular flexibility index (Phi) is 4.48. The first-order valence-corrected chi connectivity index (χ1v) is 8.37. The molecule has 1 saturated carbocycles. The van der Waals surface area contributed by atoms with Crippen molar-refractivity contribution < 1.29 is 9.18 Å². The first-order valence-electron chi connectivity index (χ1n) is 8.37. The maximum Gasteiger partial charge on any atom is 0.223 e. The van der Waals surface area contributed by atoms with Gasteiger partial charge >= 0.3 is 0 Å². The summed E-state index contributed by atoms with van der Waals surface area (Å²) in [5.74, 6) is 0.627. The molecule has 3 rings (SSSR count). The highest BCUT2D eigenvalue weighted by Crippen LogP contribution is 2.38. The lowest BCUT2D eigenvalue weighted by molar-refractivity contribution is -0.133. The van der Waals surface area contributed by atoms with Crippen LogP contribution in [0.1, 0.15) is 50.6 Å². The number of likely N-dealkylation sites (tertiary alicyclic amines) is 1. The Morgan fingerprint density at radius 3 is 2.86 bits per heavy atom. The van der Waals surface area contributed by atoms with Crippen LogP contribution >= 0.6 is 0 Å². The van der Waals surface area contributed by atoms with Gasteiger partial charge in [0.2, 0.25) is 5.91 Å². The first-order chi connectivity index (χ1) is 10.6. The van der Waals surface area contributed by atoms with Crippen LogP contribution in [0.25, 0.3) is 0 Å². The van der Waals surface area contributed by atoms with E-state index in [1.807, 2.05) is 11.0 Å². The predicted molar refractivity (Wildman–Crippen MR) is 84.6 cm³/mol. The third kappa shape index (κ3) is 3.02. The summed E-state index contributed by atoms with van der Waals surface area (Å²) in [7, 11) is 0. The molecule has 0 radical (unpaired) electrons. The standard InChI is InChI=1S/C18H25FN2O/c1-12-8-9-21(17(22)11-13-4-3-7-16(13)20)18(12)14-5-2-6-15(19)10-14/h2,5-6,10,12-13,16,18H,3-4,7-9,11,20H2,1H3/t12?,13-,16+,18?/m0/s1. The molecule has 1 aromatic rings. The Balaban J connectivity index is 1.75. The van der Waals surface area contributed by atoms with E-state index in [1.54, 1.807) is 12.1 Å². The fraction of sp³-hybridized carbons (Fsp3) is 0.611. The second kappa shape index (κ2) is 6.37. The van der Waals surface area contributed by atoms with Crippen LogP contribution in [-0.4, -0.2) is 23.4 Å². The highest BCUT2D eigenvalue weighted by Gasteiger charge is 2.37. The van der Waals surface area contributed by atoms with Gasteiger partial charge in [-0.25, -0.2) is 4.39 Å². The van der Waals surface area contributed by atoms with Crippen molar-refractivity contribution in [3.8, 4) is 0 Å². The summed E-state index contributed by atoms with van der Waals surface area (Å²) < 4.78 is 13.5. The number of benzene rings is 1. The Hall–Kier alpha value is -1.42. The largest absolute Gasteiger partial charge is 0.335 e. The lowest BCUT2D eigenvalue weighted by Crippen LogP contribution is -2.35. The third-order valence-electron chi connectivity index (χ3n) is 5.37. The van der Waals surface area contributed by atoms with Crippen molar-refractivity contribution in [1.82, 2.24) is 4.90 Å². The smallest absolute Gasteiger partial charge is 0.223 e. The van der Waals surface area contributed by atoms with Crippen LogP contribution in [0.3, 0.4) is 0 Å². The molecule has 1 aliphatic heterocycles. The average molecular weight is 304 g/mol. The van der Waals surface area contributed by atoms with E-state index < -0.39 is 0 Å². The van der Waals surface area contributed by atoms with Gasteiger partial charge in [-0.3, -0.25) is 4.79 Å². The molecule has 3 nitrogen and oxygen atoms in total. The first kappa shape index (κ1) is 15.5. The van der Waals surface area contributed by atoms with Crippen LogP contribution in [0.5, 0.6) is 0 Å². The molecule has 1 saturated heterocycles. The number of carbonyl (C=O) groups is 1. The minimum Gasteiger partial charge on any atom is -0.335 e. The number of carbonyl (C=O) groups excluding carboxylic acids is 1. The fourth-order valence-corrected chi connectivity index (χ4v) is 4.09. The molecule has 4 heteroatoms. The molecule has 0 spiro atoms. The average Bonchev–Trinajstić information content (AvgIpc) is 3.05. The molecule has 4 atom stereocenters. The molecule has 1 aliphatic carbocycles. The summed E-state index contributed by atoms with van der Waals surface area (Å²) in [5, 5.41) is 0. The van der Waals surface area contributed by atoms with E-state index in [2.05, 4.69) is 6.92 Å². The van der Waals surface area contributed by atoms with Crippen molar-refractivity contribution in [3.63, 3.8) is 0 Å². The van der Waals surface area contributed by atoms with Crippen molar-refractivity contribution in [1.29, 1.82) is 0 Å². The van der Waals surface area contributed by atoms with Gasteiger partial charge in [0.25, 0.3) is 0 Å². The molecule has 22 heavy (non-hydrogen) atoms. The van der Waals surface area contributed by atoms with E-state index in [0.29, 0.717) is 18.3 Å². The van der Waals surface area contributed by atoms with Gasteiger partial charge < -0.3 is 10.6 Å². The zero-order valence-corrected chi connectivity index (χ0v) is 13.2. The van der Waals surface area contributed by atoms with Crippen LogP contribution in [0.4, 0.5) is 4.39 Å². The van der Waals surface area contributed by atoms with Crippen molar-refractivity contribution in [2.45, 2.75) is 51.1 Å². The number of hydrogen-bond donors (Lipinski definition) is 1. The van der Waals surface area contributed by atoms with Crippen molar-refractivity contribution in [3.05, 3.63) is 35.6 Å². The minimum absolute atomic E-state index is 0.000766. The number of nitrogens with two attached hydrogens (primary N) is 1. The maximum atomic E-state index is 13.5. The molecule has 120 valence electrons. The van der Waals surface area contributed by atoms with Gasteiger partial charge in [0.05, 0.1) is 6.04 Å². The Labute approximate surface area is 131 Å². The van der Waals surface area contributed by atoms with Gasteiger partial charge in [-0.05, 0) is 48.8 Å². The molecule has 2 N–H and O–H groups in total. The highest BCUT2D eigenvalue weighted by molar-refractivity contribution is 5.77. The van der Waals surface area contributed by atoms with Crippen molar-refractivity contribution >= 4 is 5.91 Å². The van der Waals surface area contributed by atoms with E-state index in [1.165, 1.54) is 6.07 Å². The number of rotatable bonds is 3. The highest BCUT2D eigenvalue weighted by atomic mass is 19.1. The van der Waals surface area contributed by atoms with E-state index >= 15 is 0 Å². The number of hydrogen-bond acceptors (Lipinski definition) is 2. The topological polar surface area (TPSA) is 46.3 Å². The predicted octanol–water partition coefficient (Wildman–Crippen LogP) is 3.25. The molecular weight excluding hydrogens is 279 g/mol. The molecular formula is C18H25FN2O. The van der Waals surface area contributed by atoms with Gasteiger partial charge in [0, 0.05) is 19.0 Å². The fourth-order valence-electron chi connectivity index (χ4n) is 4.09. The van der Waals surface area contributed by atoms with E-state index in [-0.39, 0.29) is 23.8 Å². The Bertz CT molecular complexity index is 548. The molecule has 0 bridgehead atoms. The van der Waals surface area contributed by atoms with Gasteiger partial charge in [0.1, 0.15) is 5.82 Å². The molecule has 1 aromatic carbocycles. The number of amides is 1. The van der Waals surface area contributed by atoms with Crippen LogP contribution < -0.4 is 5.73 Å². The van der Waals surface area contributed by atoms with Crippen molar-refractivity contribution in [2.75, 3.05) is 6.54 Å². The second-order valence-electron chi connectivity index (χ2n) is 6.91. The zero-order valence-electron chi connectivity index (χ0n) is 13.2. The van der Waals surface area contributed by atoms with E-state index in [0.717, 1.165) is 37.8 Å². The molecule has 1 amide bonds. The van der Waals surface area contributed by atoms with Gasteiger partial charge in [-0.15, -0.1) is 0 Å². The van der Waals surface area contributed by atoms with Crippen LogP contribution in [0, 0.1) is 17.7 Å². The number of nitrogens with zero attached hydrogens (tertiary/aromatic N) is 1. The van der Waals surface area contributed by atoms with Gasteiger partial charge in [-0.1, -0.05) is 25.5 Å². The normalized spacial score (nSPS) is 31.7. The summed E-state index contributed by atoms with van der Waals surface area (Å²) in [4.78, 5) is 14.7. The zero-order chi connectivity index (χ0) is 15.7. The molecule has 2 unspecified atom stereocenters. The Morgan fingerprint density at radius 2 is 2.18 bits per heavy atom. The summed E-state index contributed by atoms with van der Waals surface area (Å²) in [6, 6.07) is 6.83. The molecule has 1 heterocycles. The van der Waals surface area contributed by atoms with Crippen LogP contribution in [0.15, 0.2) is 24.3 Å². The molecule has 2 aliphatic rings. The monoisotopic (exact) mass is 304 g/mol.